The molecule has 2 aromatic heterocycles. The molecule has 0 aliphatic carbocycles. The summed E-state index contributed by atoms with van der Waals surface area (Å²) in [6.07, 6.45) is 1.44. The average molecular weight is 436 g/mol. The lowest BCUT2D eigenvalue weighted by molar-refractivity contribution is 0.0985. The third-order valence-corrected chi connectivity index (χ3v) is 5.91. The molecule has 0 saturated carbocycles. The molecule has 0 radical (unpaired) electrons. The second kappa shape index (κ2) is 8.47. The van der Waals surface area contributed by atoms with Gasteiger partial charge in [0.15, 0.2) is 17.2 Å². The van der Waals surface area contributed by atoms with E-state index in [1.165, 1.54) is 6.20 Å². The molecule has 0 atom stereocenters. The molecule has 3 aromatic rings. The Kier molecular flexibility index (Phi) is 6.16. The molecule has 0 unspecified atom stereocenters. The van der Waals surface area contributed by atoms with E-state index in [1.807, 2.05) is 13.8 Å². The molecular weight excluding hydrogens is 414 g/mol. The molecule has 30 heavy (non-hydrogen) atoms. The number of aromatic amines is 1. The number of rotatable bonds is 8. The maximum absolute atomic E-state index is 14.8. The zero-order valence-corrected chi connectivity index (χ0v) is 17.6. The summed E-state index contributed by atoms with van der Waals surface area (Å²) < 4.78 is 54.9. The highest BCUT2D eigenvalue weighted by atomic mass is 32.2. The summed E-state index contributed by atoms with van der Waals surface area (Å²) >= 11 is 0. The van der Waals surface area contributed by atoms with E-state index in [0.717, 1.165) is 18.0 Å². The van der Waals surface area contributed by atoms with Crippen molar-refractivity contribution in [3.05, 3.63) is 53.0 Å². The fraction of sp³-hybridized carbons (Fsp3) is 0.350. The van der Waals surface area contributed by atoms with Gasteiger partial charge in [-0.1, -0.05) is 20.8 Å². The maximum atomic E-state index is 14.8. The molecule has 0 fully saturated rings. The lowest BCUT2D eigenvalue weighted by Crippen LogP contribution is -2.19. The number of H-pyrrole nitrogens is 1. The molecule has 1 aromatic carbocycles. The number of Topliss-reactive ketones (excluding diaryl/α,β-unsaturated/α-hetero) is 1. The van der Waals surface area contributed by atoms with Crippen molar-refractivity contribution in [3.8, 4) is 0 Å². The van der Waals surface area contributed by atoms with Crippen LogP contribution in [0.15, 0.2) is 24.4 Å². The number of carbonyl (C=O) groups is 1. The number of hydrogen-bond donors (Lipinski definition) is 2. The van der Waals surface area contributed by atoms with Gasteiger partial charge in [0.2, 0.25) is 10.0 Å². The van der Waals surface area contributed by atoms with E-state index in [2.05, 4.69) is 19.7 Å². The minimum absolute atomic E-state index is 0.159. The van der Waals surface area contributed by atoms with Gasteiger partial charge < -0.3 is 4.98 Å². The minimum Gasteiger partial charge on any atom is -0.340 e. The molecule has 3 rings (SSSR count). The minimum atomic E-state index is -3.80. The Bertz CT molecular complexity index is 1210. The molecule has 0 saturated heterocycles. The lowest BCUT2D eigenvalue weighted by Gasteiger charge is -2.11. The normalized spacial score (nSPS) is 11.9. The van der Waals surface area contributed by atoms with Crippen LogP contribution in [0.4, 0.5) is 14.5 Å². The van der Waals surface area contributed by atoms with Gasteiger partial charge in [-0.3, -0.25) is 9.52 Å². The predicted octanol–water partition coefficient (Wildman–Crippen LogP) is 3.94. The van der Waals surface area contributed by atoms with Gasteiger partial charge in [0.1, 0.15) is 11.6 Å². The Morgan fingerprint density at radius 3 is 2.67 bits per heavy atom. The second-order valence-corrected chi connectivity index (χ2v) is 9.14. The van der Waals surface area contributed by atoms with Gasteiger partial charge in [0.25, 0.3) is 0 Å². The smallest absolute Gasteiger partial charge is 0.232 e. The van der Waals surface area contributed by atoms with Crippen molar-refractivity contribution < 1.29 is 22.0 Å². The number of hydrogen-bond acceptors (Lipinski definition) is 5. The van der Waals surface area contributed by atoms with Crippen LogP contribution in [0, 0.1) is 11.6 Å². The monoisotopic (exact) mass is 436 g/mol. The number of ketones is 1. The summed E-state index contributed by atoms with van der Waals surface area (Å²) in [7, 11) is -3.80. The van der Waals surface area contributed by atoms with Crippen molar-refractivity contribution >= 4 is 32.7 Å². The average Bonchev–Trinajstić information content (AvgIpc) is 3.08. The van der Waals surface area contributed by atoms with Crippen molar-refractivity contribution in [2.24, 2.45) is 0 Å². The Labute approximate surface area is 173 Å². The van der Waals surface area contributed by atoms with Crippen LogP contribution in [-0.4, -0.2) is 34.9 Å². The summed E-state index contributed by atoms with van der Waals surface area (Å²) in [4.78, 5) is 24.3. The van der Waals surface area contributed by atoms with Gasteiger partial charge in [-0.2, -0.15) is 0 Å². The van der Waals surface area contributed by atoms with Gasteiger partial charge in [-0.05, 0) is 30.2 Å². The molecule has 0 spiro atoms. The summed E-state index contributed by atoms with van der Waals surface area (Å²) in [5.41, 5.74) is 0.295. The second-order valence-electron chi connectivity index (χ2n) is 7.30. The molecule has 160 valence electrons. The number of halogens is 2. The van der Waals surface area contributed by atoms with Crippen LogP contribution in [0.25, 0.3) is 11.2 Å². The number of fused-ring (bicyclic) bond motifs is 1. The van der Waals surface area contributed by atoms with Gasteiger partial charge in [0, 0.05) is 18.5 Å². The predicted molar refractivity (Wildman–Crippen MR) is 110 cm³/mol. The Balaban J connectivity index is 1.89. The van der Waals surface area contributed by atoms with E-state index in [4.69, 9.17) is 0 Å². The van der Waals surface area contributed by atoms with E-state index >= 15 is 0 Å². The molecule has 0 bridgehead atoms. The number of pyridine rings is 1. The fourth-order valence-electron chi connectivity index (χ4n) is 2.98. The lowest BCUT2D eigenvalue weighted by atomic mass is 10.0. The summed E-state index contributed by atoms with van der Waals surface area (Å²) in [6.45, 7) is 5.59. The highest BCUT2D eigenvalue weighted by Gasteiger charge is 2.23. The zero-order chi connectivity index (χ0) is 22.1. The first-order chi connectivity index (χ1) is 14.1. The SMILES string of the molecule is CCCS(=O)(=O)Nc1ccc(F)c(C(=O)Cc2cnc3nc(C(C)C)[nH]c3c2)c1F. The van der Waals surface area contributed by atoms with Gasteiger partial charge in [-0.25, -0.2) is 27.2 Å². The molecule has 10 heteroatoms. The number of imidazole rings is 1. The molecule has 0 aliphatic heterocycles. The number of nitrogens with zero attached hydrogens (tertiary/aromatic N) is 2. The molecule has 7 nitrogen and oxygen atoms in total. The van der Waals surface area contributed by atoms with Gasteiger partial charge >= 0.3 is 0 Å². The van der Waals surface area contributed by atoms with Crippen molar-refractivity contribution in [2.45, 2.75) is 39.5 Å². The summed E-state index contributed by atoms with van der Waals surface area (Å²) in [6, 6.07) is 3.48. The van der Waals surface area contributed by atoms with Crippen molar-refractivity contribution in [2.75, 3.05) is 10.5 Å². The van der Waals surface area contributed by atoms with E-state index in [1.54, 1.807) is 13.0 Å². The van der Waals surface area contributed by atoms with E-state index in [9.17, 15) is 22.0 Å². The Morgan fingerprint density at radius 1 is 1.27 bits per heavy atom. The molecule has 2 N–H and O–H groups in total. The van der Waals surface area contributed by atoms with Crippen LogP contribution in [-0.2, 0) is 16.4 Å². The highest BCUT2D eigenvalue weighted by Crippen LogP contribution is 2.24. The first-order valence-electron chi connectivity index (χ1n) is 9.47. The molecule has 0 amide bonds. The number of anilines is 1. The number of sulfonamides is 1. The van der Waals surface area contributed by atoms with E-state index in [-0.39, 0.29) is 18.1 Å². The van der Waals surface area contributed by atoms with Crippen LogP contribution in [0.1, 0.15) is 54.9 Å². The van der Waals surface area contributed by atoms with Crippen molar-refractivity contribution in [1.29, 1.82) is 0 Å². The summed E-state index contributed by atoms with van der Waals surface area (Å²) in [5.74, 6) is -2.45. The number of nitrogens with one attached hydrogen (secondary N) is 2. The van der Waals surface area contributed by atoms with Gasteiger partial charge in [-0.15, -0.1) is 0 Å². The van der Waals surface area contributed by atoms with Crippen LogP contribution < -0.4 is 4.72 Å². The third-order valence-electron chi connectivity index (χ3n) is 4.43. The number of carbonyl (C=O) groups excluding carboxylic acids is 1. The standard InChI is InChI=1S/C20H22F2N4O3S/c1-4-7-30(28,29)26-14-6-5-13(21)17(18(14)22)16(27)9-12-8-15-20(23-10-12)25-19(24-15)11(2)3/h5-6,8,10-11,26H,4,7,9H2,1-3H3,(H,23,24,25). The number of aromatic nitrogens is 3. The molecule has 2 heterocycles. The fourth-order valence-corrected chi connectivity index (χ4v) is 4.11. The highest BCUT2D eigenvalue weighted by molar-refractivity contribution is 7.92. The van der Waals surface area contributed by atoms with Crippen LogP contribution in [0.2, 0.25) is 0 Å². The van der Waals surface area contributed by atoms with Crippen LogP contribution in [0.3, 0.4) is 0 Å². The molecule has 0 aliphatic rings. The van der Waals surface area contributed by atoms with E-state index in [0.29, 0.717) is 23.1 Å². The maximum Gasteiger partial charge on any atom is 0.232 e. The first-order valence-corrected chi connectivity index (χ1v) is 11.1. The zero-order valence-electron chi connectivity index (χ0n) is 16.8. The molecular formula is C20H22F2N4O3S. The van der Waals surface area contributed by atoms with Crippen LogP contribution in [0.5, 0.6) is 0 Å². The largest absolute Gasteiger partial charge is 0.340 e. The first kappa shape index (κ1) is 21.8. The number of benzene rings is 1. The van der Waals surface area contributed by atoms with E-state index < -0.39 is 38.7 Å². The Hall–Kier alpha value is -2.88. The van der Waals surface area contributed by atoms with Crippen molar-refractivity contribution in [1.82, 2.24) is 15.0 Å². The Morgan fingerprint density at radius 2 is 2.00 bits per heavy atom. The topological polar surface area (TPSA) is 105 Å². The summed E-state index contributed by atoms with van der Waals surface area (Å²) in [5, 5.41) is 0. The van der Waals surface area contributed by atoms with Gasteiger partial charge in [0.05, 0.1) is 22.5 Å². The van der Waals surface area contributed by atoms with Crippen molar-refractivity contribution in [3.63, 3.8) is 0 Å². The quantitative estimate of drug-likeness (QED) is 0.521. The third kappa shape index (κ3) is 4.64. The van der Waals surface area contributed by atoms with Crippen LogP contribution >= 0.6 is 0 Å².